The molecule has 6 nitrogen and oxygen atoms in total. The third kappa shape index (κ3) is 9.25. The number of halogens is 1. The highest BCUT2D eigenvalue weighted by atomic mass is 127. The summed E-state index contributed by atoms with van der Waals surface area (Å²) in [5, 5.41) is 6.60. The van der Waals surface area contributed by atoms with Gasteiger partial charge in [0.25, 0.3) is 0 Å². The molecule has 1 aromatic rings. The Hall–Kier alpha value is -1.09. The summed E-state index contributed by atoms with van der Waals surface area (Å²) in [6, 6.07) is 3.90. The topological polar surface area (TPSA) is 67.8 Å². The van der Waals surface area contributed by atoms with E-state index in [1.807, 2.05) is 19.1 Å². The molecule has 0 amide bonds. The first-order valence-corrected chi connectivity index (χ1v) is 9.00. The summed E-state index contributed by atoms with van der Waals surface area (Å²) in [6.07, 6.45) is 5.40. The minimum atomic E-state index is 0. The van der Waals surface area contributed by atoms with Gasteiger partial charge in [-0.1, -0.05) is 6.07 Å². The molecule has 1 aliphatic rings. The summed E-state index contributed by atoms with van der Waals surface area (Å²) in [5.74, 6) is 2.30. The SMILES string of the molecule is CCNC(=NCc1cccnc1OCC)NCCCOCC1CC1.I. The monoisotopic (exact) mass is 462 g/mol. The molecule has 142 valence electrons. The van der Waals surface area contributed by atoms with Gasteiger partial charge < -0.3 is 20.1 Å². The maximum Gasteiger partial charge on any atom is 0.218 e. The molecule has 25 heavy (non-hydrogen) atoms. The number of aromatic nitrogens is 1. The van der Waals surface area contributed by atoms with Crippen molar-refractivity contribution in [3.05, 3.63) is 23.9 Å². The van der Waals surface area contributed by atoms with E-state index in [-0.39, 0.29) is 24.0 Å². The van der Waals surface area contributed by atoms with Crippen LogP contribution in [0.2, 0.25) is 0 Å². The number of nitrogens with one attached hydrogen (secondary N) is 2. The summed E-state index contributed by atoms with van der Waals surface area (Å²) >= 11 is 0. The fourth-order valence-electron chi connectivity index (χ4n) is 2.23. The first kappa shape index (κ1) is 22.0. The Balaban J connectivity index is 0.00000312. The van der Waals surface area contributed by atoms with Crippen molar-refractivity contribution in [2.45, 2.75) is 39.7 Å². The Morgan fingerprint density at radius 3 is 2.88 bits per heavy atom. The highest BCUT2D eigenvalue weighted by molar-refractivity contribution is 14.0. The van der Waals surface area contributed by atoms with Gasteiger partial charge in [-0.3, -0.25) is 0 Å². The van der Waals surface area contributed by atoms with E-state index in [1.165, 1.54) is 12.8 Å². The Morgan fingerprint density at radius 2 is 2.16 bits per heavy atom. The maximum atomic E-state index is 5.65. The molecule has 7 heteroatoms. The summed E-state index contributed by atoms with van der Waals surface area (Å²) in [4.78, 5) is 8.87. The van der Waals surface area contributed by atoms with E-state index in [1.54, 1.807) is 6.20 Å². The molecule has 2 rings (SSSR count). The normalized spacial score (nSPS) is 13.9. The zero-order valence-corrected chi connectivity index (χ0v) is 17.6. The van der Waals surface area contributed by atoms with Gasteiger partial charge in [0.05, 0.1) is 13.2 Å². The smallest absolute Gasteiger partial charge is 0.218 e. The molecule has 1 saturated carbocycles. The van der Waals surface area contributed by atoms with Gasteiger partial charge in [0.2, 0.25) is 5.88 Å². The highest BCUT2D eigenvalue weighted by Crippen LogP contribution is 2.28. The molecule has 0 saturated heterocycles. The van der Waals surface area contributed by atoms with E-state index < -0.39 is 0 Å². The third-order valence-corrected chi connectivity index (χ3v) is 3.69. The molecule has 0 aliphatic heterocycles. The maximum absolute atomic E-state index is 5.65. The average molecular weight is 462 g/mol. The molecule has 0 unspecified atom stereocenters. The van der Waals surface area contributed by atoms with Crippen LogP contribution >= 0.6 is 24.0 Å². The Kier molecular flexibility index (Phi) is 11.6. The van der Waals surface area contributed by atoms with Crippen molar-refractivity contribution in [3.63, 3.8) is 0 Å². The number of ether oxygens (including phenoxy) is 2. The van der Waals surface area contributed by atoms with E-state index in [9.17, 15) is 0 Å². The molecular weight excluding hydrogens is 431 g/mol. The molecule has 0 aromatic carbocycles. The van der Waals surface area contributed by atoms with Crippen molar-refractivity contribution in [2.24, 2.45) is 10.9 Å². The Bertz CT molecular complexity index is 510. The van der Waals surface area contributed by atoms with Gasteiger partial charge in [0, 0.05) is 38.1 Å². The number of pyridine rings is 1. The van der Waals surface area contributed by atoms with E-state index >= 15 is 0 Å². The van der Waals surface area contributed by atoms with Crippen LogP contribution in [0.1, 0.15) is 38.7 Å². The number of guanidine groups is 1. The van der Waals surface area contributed by atoms with Gasteiger partial charge in [-0.2, -0.15) is 0 Å². The first-order chi connectivity index (χ1) is 11.8. The van der Waals surface area contributed by atoms with Gasteiger partial charge in [-0.15, -0.1) is 24.0 Å². The molecule has 0 atom stereocenters. The fourth-order valence-corrected chi connectivity index (χ4v) is 2.23. The number of nitrogens with zero attached hydrogens (tertiary/aromatic N) is 2. The van der Waals surface area contributed by atoms with Gasteiger partial charge >= 0.3 is 0 Å². The number of hydrogen-bond donors (Lipinski definition) is 2. The summed E-state index contributed by atoms with van der Waals surface area (Å²) in [6.45, 7) is 8.57. The molecular formula is C18H31IN4O2. The predicted molar refractivity (Wildman–Crippen MR) is 112 cm³/mol. The van der Waals surface area contributed by atoms with Crippen LogP contribution in [0.3, 0.4) is 0 Å². The standard InChI is InChI=1S/C18H30N4O2.HI/c1-3-19-18(21-11-6-12-23-14-15-8-9-15)22-13-16-7-5-10-20-17(16)24-4-2;/h5,7,10,15H,3-4,6,8-9,11-14H2,1-2H3,(H2,19,21,22);1H. The van der Waals surface area contributed by atoms with Crippen LogP contribution in [0.15, 0.2) is 23.3 Å². The van der Waals surface area contributed by atoms with Crippen LogP contribution in [0.5, 0.6) is 5.88 Å². The average Bonchev–Trinajstić information content (AvgIpc) is 3.41. The van der Waals surface area contributed by atoms with Gasteiger partial charge in [0.1, 0.15) is 0 Å². The zero-order chi connectivity index (χ0) is 17.0. The molecule has 1 heterocycles. The van der Waals surface area contributed by atoms with Crippen molar-refractivity contribution < 1.29 is 9.47 Å². The predicted octanol–water partition coefficient (Wildman–Crippen LogP) is 2.97. The summed E-state index contributed by atoms with van der Waals surface area (Å²) in [7, 11) is 0. The van der Waals surface area contributed by atoms with Crippen molar-refractivity contribution >= 4 is 29.9 Å². The lowest BCUT2D eigenvalue weighted by molar-refractivity contribution is 0.123. The fraction of sp³-hybridized carbons (Fsp3) is 0.667. The number of aliphatic imine (C=N–C) groups is 1. The van der Waals surface area contributed by atoms with Gasteiger partial charge in [0.15, 0.2) is 5.96 Å². The van der Waals surface area contributed by atoms with Crippen LogP contribution in [0.4, 0.5) is 0 Å². The second kappa shape index (κ2) is 13.2. The van der Waals surface area contributed by atoms with E-state index in [0.717, 1.165) is 50.2 Å². The van der Waals surface area contributed by atoms with E-state index in [0.29, 0.717) is 19.0 Å². The van der Waals surface area contributed by atoms with Crippen molar-refractivity contribution in [3.8, 4) is 5.88 Å². The third-order valence-electron chi connectivity index (χ3n) is 3.69. The van der Waals surface area contributed by atoms with Crippen LogP contribution in [0.25, 0.3) is 0 Å². The molecule has 0 spiro atoms. The second-order valence-electron chi connectivity index (χ2n) is 5.89. The first-order valence-electron chi connectivity index (χ1n) is 9.00. The molecule has 1 aromatic heterocycles. The van der Waals surface area contributed by atoms with Crippen molar-refractivity contribution in [1.82, 2.24) is 15.6 Å². The van der Waals surface area contributed by atoms with Crippen LogP contribution in [-0.4, -0.2) is 43.9 Å². The van der Waals surface area contributed by atoms with Crippen LogP contribution in [0, 0.1) is 5.92 Å². The lowest BCUT2D eigenvalue weighted by Gasteiger charge is -2.12. The summed E-state index contributed by atoms with van der Waals surface area (Å²) < 4.78 is 11.2. The number of hydrogen-bond acceptors (Lipinski definition) is 4. The molecule has 1 fully saturated rings. The van der Waals surface area contributed by atoms with Crippen LogP contribution < -0.4 is 15.4 Å². The van der Waals surface area contributed by atoms with Gasteiger partial charge in [-0.05, 0) is 45.1 Å². The quantitative estimate of drug-likeness (QED) is 0.229. The zero-order valence-electron chi connectivity index (χ0n) is 15.3. The summed E-state index contributed by atoms with van der Waals surface area (Å²) in [5.41, 5.74) is 0.990. The van der Waals surface area contributed by atoms with E-state index in [2.05, 4.69) is 27.5 Å². The Labute approximate surface area is 168 Å². The minimum absolute atomic E-state index is 0. The van der Waals surface area contributed by atoms with E-state index in [4.69, 9.17) is 9.47 Å². The van der Waals surface area contributed by atoms with Crippen molar-refractivity contribution in [2.75, 3.05) is 32.9 Å². The molecule has 1 aliphatic carbocycles. The minimum Gasteiger partial charge on any atom is -0.478 e. The highest BCUT2D eigenvalue weighted by Gasteiger charge is 2.20. The molecule has 2 N–H and O–H groups in total. The lowest BCUT2D eigenvalue weighted by atomic mass is 10.3. The van der Waals surface area contributed by atoms with Crippen molar-refractivity contribution in [1.29, 1.82) is 0 Å². The lowest BCUT2D eigenvalue weighted by Crippen LogP contribution is -2.38. The molecule has 0 bridgehead atoms. The Morgan fingerprint density at radius 1 is 1.32 bits per heavy atom. The molecule has 0 radical (unpaired) electrons. The second-order valence-corrected chi connectivity index (χ2v) is 5.89. The largest absolute Gasteiger partial charge is 0.478 e. The van der Waals surface area contributed by atoms with Crippen LogP contribution in [-0.2, 0) is 11.3 Å². The van der Waals surface area contributed by atoms with Gasteiger partial charge in [-0.25, -0.2) is 9.98 Å². The number of rotatable bonds is 11.